The first-order chi connectivity index (χ1) is 16.7. The number of aromatic nitrogens is 1. The molecular formula is C24H25I2N3O7. The van der Waals surface area contributed by atoms with E-state index in [0.717, 1.165) is 11.1 Å². The Hall–Kier alpha value is -2.62. The molecule has 0 unspecified atom stereocenters. The third-order valence-electron chi connectivity index (χ3n) is 5.26. The molecule has 0 aliphatic heterocycles. The average molecular weight is 721 g/mol. The number of aryl methyl sites for hydroxylation is 1. The van der Waals surface area contributed by atoms with Crippen LogP contribution in [-0.2, 0) is 16.0 Å². The predicted octanol–water partition coefficient (Wildman–Crippen LogP) is 5.17. The molecule has 12 heteroatoms. The molecule has 1 atom stereocenters. The second-order valence-corrected chi connectivity index (χ2v) is 11.4. The molecule has 36 heavy (non-hydrogen) atoms. The monoisotopic (exact) mass is 721 g/mol. The van der Waals surface area contributed by atoms with Gasteiger partial charge in [0.2, 0.25) is 0 Å². The minimum atomic E-state index is -1.16. The quantitative estimate of drug-likeness (QED) is 0.253. The van der Waals surface area contributed by atoms with Crippen LogP contribution in [0.15, 0.2) is 27.4 Å². The van der Waals surface area contributed by atoms with Crippen molar-refractivity contribution in [1.29, 1.82) is 0 Å². The summed E-state index contributed by atoms with van der Waals surface area (Å²) in [5, 5.41) is 25.4. The van der Waals surface area contributed by atoms with E-state index in [-0.39, 0.29) is 29.1 Å². The van der Waals surface area contributed by atoms with E-state index in [1.54, 1.807) is 46.8 Å². The number of carbonyl (C=O) groups is 2. The van der Waals surface area contributed by atoms with Crippen molar-refractivity contribution in [2.45, 2.75) is 52.7 Å². The van der Waals surface area contributed by atoms with Gasteiger partial charge in [-0.25, -0.2) is 14.4 Å². The lowest BCUT2D eigenvalue weighted by Gasteiger charge is -2.20. The highest BCUT2D eigenvalue weighted by Gasteiger charge is 2.24. The number of benzene rings is 2. The number of hydrogen-bond acceptors (Lipinski definition) is 8. The molecule has 1 heterocycles. The van der Waals surface area contributed by atoms with Gasteiger partial charge in [-0.2, -0.15) is 4.98 Å². The second-order valence-electron chi connectivity index (χ2n) is 9.11. The number of ether oxygens (including phenoxy) is 1. The van der Waals surface area contributed by atoms with Gasteiger partial charge in [0.15, 0.2) is 0 Å². The van der Waals surface area contributed by atoms with E-state index in [0.29, 0.717) is 18.4 Å². The van der Waals surface area contributed by atoms with Crippen LogP contribution in [0.3, 0.4) is 0 Å². The first-order valence-electron chi connectivity index (χ1n) is 10.8. The van der Waals surface area contributed by atoms with E-state index >= 15 is 0 Å². The summed E-state index contributed by atoms with van der Waals surface area (Å²) in [4.78, 5) is 41.2. The molecule has 2 aromatic carbocycles. The average Bonchev–Trinajstić information content (AvgIpc) is 2.75. The number of fused-ring (bicyclic) bond motifs is 1. The fraction of sp³-hybridized carbons (Fsp3) is 0.333. The molecule has 0 spiro atoms. The van der Waals surface area contributed by atoms with Crippen LogP contribution in [0.4, 0.5) is 16.5 Å². The number of rotatable bonds is 6. The maximum atomic E-state index is 12.8. The zero-order valence-corrected chi connectivity index (χ0v) is 24.5. The first-order valence-corrected chi connectivity index (χ1v) is 12.9. The van der Waals surface area contributed by atoms with Gasteiger partial charge in [0.25, 0.3) is 6.01 Å². The number of carboxylic acids is 1. The summed E-state index contributed by atoms with van der Waals surface area (Å²) >= 11 is 4.00. The van der Waals surface area contributed by atoms with Gasteiger partial charge in [0, 0.05) is 12.1 Å². The molecule has 0 saturated heterocycles. The number of carboxylic acid groups (broad SMARTS) is 1. The Kier molecular flexibility index (Phi) is 8.37. The van der Waals surface area contributed by atoms with Crippen LogP contribution in [-0.4, -0.2) is 38.9 Å². The topological polar surface area (TPSA) is 151 Å². The van der Waals surface area contributed by atoms with Crippen LogP contribution in [0.25, 0.3) is 10.9 Å². The summed E-state index contributed by atoms with van der Waals surface area (Å²) in [6.45, 7) is 8.65. The summed E-state index contributed by atoms with van der Waals surface area (Å²) in [5.74, 6) is -1.01. The minimum Gasteiger partial charge on any atom is -0.506 e. The van der Waals surface area contributed by atoms with Crippen molar-refractivity contribution in [3.05, 3.63) is 52.4 Å². The third kappa shape index (κ3) is 6.38. The lowest BCUT2D eigenvalue weighted by Crippen LogP contribution is -2.32. The lowest BCUT2D eigenvalue weighted by atomic mass is 10.0. The molecule has 10 nitrogen and oxygen atoms in total. The Morgan fingerprint density at radius 3 is 2.47 bits per heavy atom. The number of halogens is 2. The molecule has 0 radical (unpaired) electrons. The highest BCUT2D eigenvalue weighted by Crippen LogP contribution is 2.32. The highest BCUT2D eigenvalue weighted by molar-refractivity contribution is 14.1. The Morgan fingerprint density at radius 1 is 1.19 bits per heavy atom. The van der Waals surface area contributed by atoms with Crippen molar-refractivity contribution in [3.63, 3.8) is 0 Å². The fourth-order valence-corrected chi connectivity index (χ4v) is 5.26. The summed E-state index contributed by atoms with van der Waals surface area (Å²) in [7, 11) is 0. The number of nitrogens with one attached hydrogen (secondary N) is 2. The molecule has 1 amide bonds. The molecule has 0 aliphatic carbocycles. The number of anilines is 2. The van der Waals surface area contributed by atoms with Gasteiger partial charge >= 0.3 is 17.7 Å². The van der Waals surface area contributed by atoms with Gasteiger partial charge in [0.1, 0.15) is 17.4 Å². The number of carbonyl (C=O) groups excluding carboxylic acids is 1. The molecule has 1 aromatic heterocycles. The van der Waals surface area contributed by atoms with Crippen molar-refractivity contribution in [2.24, 2.45) is 0 Å². The number of aliphatic carboxylic acids is 1. The van der Waals surface area contributed by atoms with Gasteiger partial charge in [-0.05, 0) is 115 Å². The predicted molar refractivity (Wildman–Crippen MR) is 152 cm³/mol. The van der Waals surface area contributed by atoms with Crippen LogP contribution in [0.2, 0.25) is 0 Å². The van der Waals surface area contributed by atoms with Crippen LogP contribution >= 0.6 is 45.2 Å². The van der Waals surface area contributed by atoms with Gasteiger partial charge < -0.3 is 24.7 Å². The lowest BCUT2D eigenvalue weighted by molar-refractivity contribution is -0.137. The fourth-order valence-electron chi connectivity index (χ4n) is 3.46. The van der Waals surface area contributed by atoms with Crippen molar-refractivity contribution < 1.29 is 29.0 Å². The second kappa shape index (κ2) is 10.8. The largest absolute Gasteiger partial charge is 0.506 e. The normalized spacial score (nSPS) is 12.3. The van der Waals surface area contributed by atoms with Crippen molar-refractivity contribution in [3.8, 4) is 5.75 Å². The van der Waals surface area contributed by atoms with E-state index in [1.807, 2.05) is 45.2 Å². The van der Waals surface area contributed by atoms with Gasteiger partial charge in [-0.1, -0.05) is 0 Å². The summed E-state index contributed by atoms with van der Waals surface area (Å²) in [5.41, 5.74) is 1.13. The van der Waals surface area contributed by atoms with E-state index in [2.05, 4.69) is 15.6 Å². The molecule has 192 valence electrons. The van der Waals surface area contributed by atoms with E-state index < -0.39 is 29.3 Å². The van der Waals surface area contributed by atoms with Crippen LogP contribution < -0.4 is 16.3 Å². The van der Waals surface area contributed by atoms with Crippen molar-refractivity contribution in [2.75, 3.05) is 10.6 Å². The Morgan fingerprint density at radius 2 is 1.86 bits per heavy atom. The van der Waals surface area contributed by atoms with E-state index in [9.17, 15) is 24.6 Å². The zero-order valence-electron chi connectivity index (χ0n) is 20.2. The Bertz CT molecular complexity index is 1410. The number of amides is 1. The first kappa shape index (κ1) is 28.0. The summed E-state index contributed by atoms with van der Waals surface area (Å²) in [6, 6.07) is 3.44. The summed E-state index contributed by atoms with van der Waals surface area (Å²) < 4.78 is 11.8. The molecule has 0 bridgehead atoms. The highest BCUT2D eigenvalue weighted by atomic mass is 127. The standard InChI is InChI=1S/C24H25I2N3O7/c1-10-12(8-13(25)19(30)18(10)26)9-16(20(31)32)28-22-27-15-7-6-14(11(2)17(15)21(33)35-22)29-23(34)36-24(3,4)5/h6-8,16,30H,9H2,1-5H3,(H,27,28)(H,29,34)(H,31,32)/t16-/m0/s1. The molecule has 0 fully saturated rings. The Balaban J connectivity index is 1.91. The smallest absolute Gasteiger partial charge is 0.412 e. The van der Waals surface area contributed by atoms with Gasteiger partial charge in [-0.15, -0.1) is 0 Å². The maximum Gasteiger partial charge on any atom is 0.412 e. The Labute approximate surface area is 234 Å². The van der Waals surface area contributed by atoms with Crippen LogP contribution in [0.1, 0.15) is 37.5 Å². The molecule has 0 saturated carbocycles. The molecule has 3 aromatic rings. The number of aromatic hydroxyl groups is 1. The van der Waals surface area contributed by atoms with E-state index in [1.165, 1.54) is 6.07 Å². The van der Waals surface area contributed by atoms with Crippen molar-refractivity contribution in [1.82, 2.24) is 4.98 Å². The SMILES string of the molecule is Cc1c(C[C@H](Nc2nc3ccc(NC(=O)OC(C)(C)C)c(C)c3c(=O)o2)C(=O)O)cc(I)c(O)c1I. The number of hydrogen-bond donors (Lipinski definition) is 4. The van der Waals surface area contributed by atoms with Crippen LogP contribution in [0, 0.1) is 21.0 Å². The maximum absolute atomic E-state index is 12.8. The molecular weight excluding hydrogens is 696 g/mol. The van der Waals surface area contributed by atoms with Gasteiger partial charge in [-0.3, -0.25) is 5.32 Å². The number of nitrogens with zero attached hydrogens (tertiary/aromatic N) is 1. The summed E-state index contributed by atoms with van der Waals surface area (Å²) in [6.07, 6.45) is -0.604. The molecule has 3 rings (SSSR count). The van der Waals surface area contributed by atoms with Gasteiger partial charge in [0.05, 0.1) is 18.0 Å². The molecule has 0 aliphatic rings. The molecule has 4 N–H and O–H groups in total. The van der Waals surface area contributed by atoms with Crippen molar-refractivity contribution >= 4 is 79.8 Å². The van der Waals surface area contributed by atoms with Crippen LogP contribution in [0.5, 0.6) is 5.75 Å². The number of phenols is 1. The van der Waals surface area contributed by atoms with E-state index in [4.69, 9.17) is 9.15 Å². The minimum absolute atomic E-state index is 0.0641. The zero-order chi connectivity index (χ0) is 26.9. The number of phenolic OH excluding ortho intramolecular Hbond substituents is 1. The third-order valence-corrected chi connectivity index (χ3v) is 7.40.